The van der Waals surface area contributed by atoms with E-state index in [4.69, 9.17) is 5.41 Å². The fourth-order valence-corrected chi connectivity index (χ4v) is 1.55. The summed E-state index contributed by atoms with van der Waals surface area (Å²) in [6.07, 6.45) is 0. The van der Waals surface area contributed by atoms with Gasteiger partial charge in [-0.3, -0.25) is 5.41 Å². The van der Waals surface area contributed by atoms with E-state index in [9.17, 15) is 0 Å². The first-order valence-corrected chi connectivity index (χ1v) is 4.45. The number of aromatic nitrogens is 2. The third-order valence-electron chi connectivity index (χ3n) is 2.21. The van der Waals surface area contributed by atoms with Crippen LogP contribution < -0.4 is 10.9 Å². The van der Waals surface area contributed by atoms with E-state index in [0.717, 1.165) is 16.7 Å². The Morgan fingerprint density at radius 3 is 2.79 bits per heavy atom. The molecule has 2 rings (SSSR count). The largest absolute Gasteiger partial charge is 0.326 e. The smallest absolute Gasteiger partial charge is 0.154 e. The predicted molar refractivity (Wildman–Crippen MR) is 55.6 cm³/mol. The average Bonchev–Trinajstić information content (AvgIpc) is 2.18. The van der Waals surface area contributed by atoms with Crippen molar-refractivity contribution in [1.82, 2.24) is 9.66 Å². The molecule has 0 bridgehead atoms. The van der Waals surface area contributed by atoms with Gasteiger partial charge in [0.15, 0.2) is 5.49 Å². The molecule has 0 aliphatic rings. The molecule has 0 unspecified atom stereocenters. The van der Waals surface area contributed by atoms with Crippen LogP contribution in [0.15, 0.2) is 24.3 Å². The van der Waals surface area contributed by atoms with Gasteiger partial charge in [0.2, 0.25) is 0 Å². The van der Waals surface area contributed by atoms with Gasteiger partial charge in [-0.05, 0) is 19.1 Å². The van der Waals surface area contributed by atoms with Gasteiger partial charge in [-0.15, -0.1) is 0 Å². The molecule has 0 aliphatic heterocycles. The van der Waals surface area contributed by atoms with Gasteiger partial charge >= 0.3 is 0 Å². The molecule has 1 aromatic carbocycles. The van der Waals surface area contributed by atoms with Crippen LogP contribution in [0.3, 0.4) is 0 Å². The predicted octanol–water partition coefficient (Wildman–Crippen LogP) is 0.997. The highest BCUT2D eigenvalue weighted by Crippen LogP contribution is 2.05. The van der Waals surface area contributed by atoms with Crippen molar-refractivity contribution in [3.8, 4) is 0 Å². The number of nitrogens with zero attached hydrogens (tertiary/aromatic N) is 2. The first-order chi connectivity index (χ1) is 6.74. The lowest BCUT2D eigenvalue weighted by molar-refractivity contribution is 0.776. The van der Waals surface area contributed by atoms with Crippen LogP contribution in [0.25, 0.3) is 10.9 Å². The Morgan fingerprint density at radius 1 is 1.36 bits per heavy atom. The molecule has 0 radical (unpaired) electrons. The molecule has 4 heteroatoms. The van der Waals surface area contributed by atoms with Gasteiger partial charge in [0, 0.05) is 12.4 Å². The van der Waals surface area contributed by atoms with Crippen molar-refractivity contribution in [2.24, 2.45) is 0 Å². The normalized spacial score (nSPS) is 10.4. The van der Waals surface area contributed by atoms with Crippen LogP contribution in [0.5, 0.6) is 0 Å². The van der Waals surface area contributed by atoms with E-state index in [1.165, 1.54) is 0 Å². The van der Waals surface area contributed by atoms with Crippen molar-refractivity contribution in [2.75, 3.05) is 12.5 Å². The Morgan fingerprint density at radius 2 is 2.07 bits per heavy atom. The number of benzene rings is 1. The summed E-state index contributed by atoms with van der Waals surface area (Å²) < 4.78 is 1.66. The van der Waals surface area contributed by atoms with E-state index in [0.29, 0.717) is 5.49 Å². The number of fused-ring (bicyclic) bond motifs is 1. The van der Waals surface area contributed by atoms with Crippen LogP contribution in [-0.2, 0) is 0 Å². The molecule has 0 saturated carbocycles. The maximum absolute atomic E-state index is 7.94. The molecule has 2 aromatic rings. The second kappa shape index (κ2) is 3.14. The summed E-state index contributed by atoms with van der Waals surface area (Å²) in [4.78, 5) is 4.39. The van der Waals surface area contributed by atoms with Crippen LogP contribution in [0.2, 0.25) is 0 Å². The average molecular weight is 188 g/mol. The zero-order valence-corrected chi connectivity index (χ0v) is 8.20. The summed E-state index contributed by atoms with van der Waals surface area (Å²) in [6, 6.07) is 7.66. The standard InChI is InChI=1S/C10H12N4/c1-7-13-9-6-4-3-5-8(9)10(11)14(7)12-2/h3-6,11-12H,1-2H3. The minimum atomic E-state index is 0.440. The van der Waals surface area contributed by atoms with E-state index in [1.54, 1.807) is 11.7 Å². The lowest BCUT2D eigenvalue weighted by Crippen LogP contribution is -2.29. The molecule has 72 valence electrons. The van der Waals surface area contributed by atoms with E-state index >= 15 is 0 Å². The van der Waals surface area contributed by atoms with E-state index in [2.05, 4.69) is 10.4 Å². The summed E-state index contributed by atoms with van der Waals surface area (Å²) in [7, 11) is 1.78. The molecule has 0 fully saturated rings. The number of hydrogen-bond donors (Lipinski definition) is 2. The Kier molecular flexibility index (Phi) is 1.96. The third kappa shape index (κ3) is 1.16. The SMILES string of the molecule is CNn1c(C)nc2ccccc2c1=N. The van der Waals surface area contributed by atoms with E-state index < -0.39 is 0 Å². The molecule has 0 aliphatic carbocycles. The number of hydrogen-bond acceptors (Lipinski definition) is 3. The highest BCUT2D eigenvalue weighted by Gasteiger charge is 2.02. The summed E-state index contributed by atoms with van der Waals surface area (Å²) in [6.45, 7) is 1.88. The van der Waals surface area contributed by atoms with Crippen molar-refractivity contribution in [3.05, 3.63) is 35.6 Å². The molecule has 0 spiro atoms. The quantitative estimate of drug-likeness (QED) is 0.701. The fourth-order valence-electron chi connectivity index (χ4n) is 1.55. The Labute approximate surface area is 81.7 Å². The van der Waals surface area contributed by atoms with Crippen LogP contribution in [0, 0.1) is 12.3 Å². The van der Waals surface area contributed by atoms with Crippen molar-refractivity contribution in [3.63, 3.8) is 0 Å². The van der Waals surface area contributed by atoms with Gasteiger partial charge < -0.3 is 5.43 Å². The second-order valence-electron chi connectivity index (χ2n) is 3.08. The molecule has 0 atom stereocenters. The fraction of sp³-hybridized carbons (Fsp3) is 0.200. The van der Waals surface area contributed by atoms with E-state index in [-0.39, 0.29) is 0 Å². The molecular formula is C10H12N4. The number of para-hydroxylation sites is 1. The first-order valence-electron chi connectivity index (χ1n) is 4.45. The van der Waals surface area contributed by atoms with Gasteiger partial charge in [-0.1, -0.05) is 12.1 Å². The summed E-state index contributed by atoms with van der Waals surface area (Å²) >= 11 is 0. The topological polar surface area (TPSA) is 53.7 Å². The van der Waals surface area contributed by atoms with Gasteiger partial charge in [0.1, 0.15) is 5.82 Å². The van der Waals surface area contributed by atoms with Gasteiger partial charge in [0.25, 0.3) is 0 Å². The third-order valence-corrected chi connectivity index (χ3v) is 2.21. The number of rotatable bonds is 1. The number of aryl methyl sites for hydroxylation is 1. The number of nitrogens with one attached hydrogen (secondary N) is 2. The van der Waals surface area contributed by atoms with Gasteiger partial charge in [0.05, 0.1) is 5.52 Å². The second-order valence-corrected chi connectivity index (χ2v) is 3.08. The van der Waals surface area contributed by atoms with Crippen molar-refractivity contribution in [1.29, 1.82) is 5.41 Å². The minimum absolute atomic E-state index is 0.440. The highest BCUT2D eigenvalue weighted by atomic mass is 15.4. The van der Waals surface area contributed by atoms with Crippen LogP contribution >= 0.6 is 0 Å². The molecule has 0 saturated heterocycles. The lowest BCUT2D eigenvalue weighted by Gasteiger charge is -2.10. The van der Waals surface area contributed by atoms with Crippen molar-refractivity contribution >= 4 is 10.9 Å². The minimum Gasteiger partial charge on any atom is -0.326 e. The molecule has 0 amide bonds. The summed E-state index contributed by atoms with van der Waals surface area (Å²) in [5.74, 6) is 0.788. The molecule has 1 heterocycles. The van der Waals surface area contributed by atoms with Crippen LogP contribution in [0.4, 0.5) is 0 Å². The summed E-state index contributed by atoms with van der Waals surface area (Å²) in [5.41, 5.74) is 4.23. The molecule has 4 nitrogen and oxygen atoms in total. The van der Waals surface area contributed by atoms with Crippen LogP contribution in [0.1, 0.15) is 5.82 Å². The zero-order valence-electron chi connectivity index (χ0n) is 8.20. The molecule has 14 heavy (non-hydrogen) atoms. The van der Waals surface area contributed by atoms with Crippen LogP contribution in [-0.4, -0.2) is 16.7 Å². The monoisotopic (exact) mass is 188 g/mol. The van der Waals surface area contributed by atoms with Crippen molar-refractivity contribution < 1.29 is 0 Å². The van der Waals surface area contributed by atoms with Crippen molar-refractivity contribution in [2.45, 2.75) is 6.92 Å². The highest BCUT2D eigenvalue weighted by molar-refractivity contribution is 5.76. The Balaban J connectivity index is 2.93. The Bertz CT molecular complexity index is 527. The molecule has 2 N–H and O–H groups in total. The maximum Gasteiger partial charge on any atom is 0.154 e. The Hall–Kier alpha value is -1.84. The zero-order chi connectivity index (χ0) is 10.1. The van der Waals surface area contributed by atoms with Gasteiger partial charge in [-0.25, -0.2) is 9.66 Å². The summed E-state index contributed by atoms with van der Waals surface area (Å²) in [5, 5.41) is 8.79. The van der Waals surface area contributed by atoms with Gasteiger partial charge in [-0.2, -0.15) is 0 Å². The lowest BCUT2D eigenvalue weighted by atomic mass is 10.2. The van der Waals surface area contributed by atoms with E-state index in [1.807, 2.05) is 31.2 Å². The first kappa shape index (κ1) is 8.74. The maximum atomic E-state index is 7.94. The molecule has 1 aromatic heterocycles. The molecular weight excluding hydrogens is 176 g/mol.